The van der Waals surface area contributed by atoms with Crippen LogP contribution in [0, 0.1) is 5.82 Å². The largest absolute Gasteiger partial charge is 0.490 e. The van der Waals surface area contributed by atoms with Crippen molar-refractivity contribution in [2.45, 2.75) is 59.1 Å². The minimum atomic E-state index is -0.212. The van der Waals surface area contributed by atoms with Gasteiger partial charge in [0, 0.05) is 11.6 Å². The standard InChI is InChI=1S/C16H26FNO/c1-5-7-12(3)19-16-9-8-14(17)11-15(16)13(4)18-10-6-2/h8-9,11-13,18H,5-7,10H2,1-4H3. The summed E-state index contributed by atoms with van der Waals surface area (Å²) < 4.78 is 19.4. The van der Waals surface area contributed by atoms with Crippen LogP contribution in [0.5, 0.6) is 5.75 Å². The molecule has 108 valence electrons. The molecule has 1 aromatic rings. The Balaban J connectivity index is 2.84. The van der Waals surface area contributed by atoms with Crippen molar-refractivity contribution in [2.24, 2.45) is 0 Å². The molecular formula is C16H26FNO. The quantitative estimate of drug-likeness (QED) is 0.751. The number of halogens is 1. The van der Waals surface area contributed by atoms with Gasteiger partial charge in [-0.05, 0) is 51.4 Å². The lowest BCUT2D eigenvalue weighted by Crippen LogP contribution is -2.21. The Bertz CT molecular complexity index is 381. The smallest absolute Gasteiger partial charge is 0.124 e. The molecule has 0 heterocycles. The molecule has 1 rings (SSSR count). The predicted molar refractivity (Wildman–Crippen MR) is 78.1 cm³/mol. The van der Waals surface area contributed by atoms with Crippen LogP contribution in [0.4, 0.5) is 4.39 Å². The third-order valence-corrected chi connectivity index (χ3v) is 3.16. The molecule has 0 aliphatic heterocycles. The monoisotopic (exact) mass is 267 g/mol. The first-order valence-corrected chi connectivity index (χ1v) is 7.27. The van der Waals surface area contributed by atoms with Gasteiger partial charge in [-0.2, -0.15) is 0 Å². The summed E-state index contributed by atoms with van der Waals surface area (Å²) in [5.41, 5.74) is 0.899. The van der Waals surface area contributed by atoms with Crippen LogP contribution in [0.3, 0.4) is 0 Å². The molecule has 19 heavy (non-hydrogen) atoms. The van der Waals surface area contributed by atoms with E-state index in [1.165, 1.54) is 6.07 Å². The summed E-state index contributed by atoms with van der Waals surface area (Å²) in [6, 6.07) is 4.87. The van der Waals surface area contributed by atoms with Gasteiger partial charge in [0.05, 0.1) is 6.10 Å². The van der Waals surface area contributed by atoms with Crippen LogP contribution in [0.2, 0.25) is 0 Å². The molecule has 2 unspecified atom stereocenters. The highest BCUT2D eigenvalue weighted by Crippen LogP contribution is 2.27. The van der Waals surface area contributed by atoms with E-state index < -0.39 is 0 Å². The molecule has 0 bridgehead atoms. The number of benzene rings is 1. The molecule has 2 nitrogen and oxygen atoms in total. The van der Waals surface area contributed by atoms with E-state index in [-0.39, 0.29) is 18.0 Å². The van der Waals surface area contributed by atoms with Crippen LogP contribution in [-0.4, -0.2) is 12.6 Å². The number of ether oxygens (including phenoxy) is 1. The Labute approximate surface area is 116 Å². The average Bonchev–Trinajstić information content (AvgIpc) is 2.38. The Morgan fingerprint density at radius 1 is 1.21 bits per heavy atom. The minimum Gasteiger partial charge on any atom is -0.490 e. The fraction of sp³-hybridized carbons (Fsp3) is 0.625. The summed E-state index contributed by atoms with van der Waals surface area (Å²) in [5, 5.41) is 3.37. The van der Waals surface area contributed by atoms with Crippen LogP contribution in [0.25, 0.3) is 0 Å². The van der Waals surface area contributed by atoms with Gasteiger partial charge in [0.15, 0.2) is 0 Å². The maximum absolute atomic E-state index is 13.4. The van der Waals surface area contributed by atoms with Crippen LogP contribution >= 0.6 is 0 Å². The van der Waals surface area contributed by atoms with E-state index in [1.807, 2.05) is 6.92 Å². The molecule has 1 aromatic carbocycles. The van der Waals surface area contributed by atoms with E-state index in [9.17, 15) is 4.39 Å². The van der Waals surface area contributed by atoms with Crippen LogP contribution in [0.15, 0.2) is 18.2 Å². The van der Waals surface area contributed by atoms with Gasteiger partial charge in [-0.1, -0.05) is 20.3 Å². The lowest BCUT2D eigenvalue weighted by atomic mass is 10.1. The summed E-state index contributed by atoms with van der Waals surface area (Å²) >= 11 is 0. The van der Waals surface area contributed by atoms with Crippen molar-refractivity contribution in [1.29, 1.82) is 0 Å². The summed E-state index contributed by atoms with van der Waals surface area (Å²) in [7, 11) is 0. The predicted octanol–water partition coefficient (Wildman–Crippen LogP) is 4.45. The molecule has 0 fully saturated rings. The highest BCUT2D eigenvalue weighted by atomic mass is 19.1. The second-order valence-corrected chi connectivity index (χ2v) is 5.08. The summed E-state index contributed by atoms with van der Waals surface area (Å²) in [6.07, 6.45) is 3.31. The summed E-state index contributed by atoms with van der Waals surface area (Å²) in [6.45, 7) is 9.27. The van der Waals surface area contributed by atoms with Crippen molar-refractivity contribution in [3.8, 4) is 5.75 Å². The van der Waals surface area contributed by atoms with Gasteiger partial charge in [0.2, 0.25) is 0 Å². The SMILES string of the molecule is CCCNC(C)c1cc(F)ccc1OC(C)CCC. The molecule has 2 atom stereocenters. The van der Waals surface area contributed by atoms with Crippen molar-refractivity contribution >= 4 is 0 Å². The first-order valence-electron chi connectivity index (χ1n) is 7.27. The van der Waals surface area contributed by atoms with Crippen LogP contribution in [-0.2, 0) is 0 Å². The summed E-state index contributed by atoms with van der Waals surface area (Å²) in [4.78, 5) is 0. The van der Waals surface area contributed by atoms with E-state index in [1.54, 1.807) is 12.1 Å². The normalized spacial score (nSPS) is 14.2. The van der Waals surface area contributed by atoms with Crippen molar-refractivity contribution in [3.05, 3.63) is 29.6 Å². The second-order valence-electron chi connectivity index (χ2n) is 5.08. The number of hydrogen-bond acceptors (Lipinski definition) is 2. The number of rotatable bonds is 8. The zero-order valence-electron chi connectivity index (χ0n) is 12.5. The lowest BCUT2D eigenvalue weighted by molar-refractivity contribution is 0.206. The fourth-order valence-electron chi connectivity index (χ4n) is 2.12. The molecule has 0 aromatic heterocycles. The number of hydrogen-bond donors (Lipinski definition) is 1. The van der Waals surface area contributed by atoms with E-state index in [0.717, 1.165) is 37.1 Å². The van der Waals surface area contributed by atoms with Gasteiger partial charge in [0.1, 0.15) is 11.6 Å². The van der Waals surface area contributed by atoms with E-state index in [2.05, 4.69) is 26.1 Å². The third kappa shape index (κ3) is 5.19. The maximum Gasteiger partial charge on any atom is 0.124 e. The van der Waals surface area contributed by atoms with Crippen LogP contribution in [0.1, 0.15) is 58.6 Å². The zero-order chi connectivity index (χ0) is 14.3. The zero-order valence-corrected chi connectivity index (χ0v) is 12.5. The van der Waals surface area contributed by atoms with Gasteiger partial charge >= 0.3 is 0 Å². The Kier molecular flexibility index (Phi) is 6.85. The van der Waals surface area contributed by atoms with E-state index in [0.29, 0.717) is 0 Å². The van der Waals surface area contributed by atoms with Crippen molar-refractivity contribution in [1.82, 2.24) is 5.32 Å². The summed E-state index contributed by atoms with van der Waals surface area (Å²) in [5.74, 6) is 0.578. The Morgan fingerprint density at radius 2 is 1.95 bits per heavy atom. The molecular weight excluding hydrogens is 241 g/mol. The van der Waals surface area contributed by atoms with E-state index in [4.69, 9.17) is 4.74 Å². The second kappa shape index (κ2) is 8.16. The molecule has 3 heteroatoms. The fourth-order valence-corrected chi connectivity index (χ4v) is 2.12. The van der Waals surface area contributed by atoms with Gasteiger partial charge in [-0.3, -0.25) is 0 Å². The molecule has 0 aliphatic rings. The molecule has 0 radical (unpaired) electrons. The topological polar surface area (TPSA) is 21.3 Å². The average molecular weight is 267 g/mol. The molecule has 0 amide bonds. The minimum absolute atomic E-state index is 0.0967. The molecule has 1 N–H and O–H groups in total. The van der Waals surface area contributed by atoms with Crippen molar-refractivity contribution in [3.63, 3.8) is 0 Å². The molecule has 0 saturated heterocycles. The van der Waals surface area contributed by atoms with Crippen molar-refractivity contribution < 1.29 is 9.13 Å². The van der Waals surface area contributed by atoms with Crippen LogP contribution < -0.4 is 10.1 Å². The van der Waals surface area contributed by atoms with Crippen molar-refractivity contribution in [2.75, 3.05) is 6.54 Å². The van der Waals surface area contributed by atoms with Gasteiger partial charge in [-0.15, -0.1) is 0 Å². The Morgan fingerprint density at radius 3 is 2.58 bits per heavy atom. The highest BCUT2D eigenvalue weighted by Gasteiger charge is 2.14. The van der Waals surface area contributed by atoms with Gasteiger partial charge in [-0.25, -0.2) is 4.39 Å². The first-order chi connectivity index (χ1) is 9.08. The molecule has 0 aliphatic carbocycles. The Hall–Kier alpha value is -1.09. The number of nitrogens with one attached hydrogen (secondary N) is 1. The van der Waals surface area contributed by atoms with Gasteiger partial charge in [0.25, 0.3) is 0 Å². The van der Waals surface area contributed by atoms with E-state index >= 15 is 0 Å². The molecule has 0 saturated carbocycles. The van der Waals surface area contributed by atoms with Gasteiger partial charge < -0.3 is 10.1 Å². The maximum atomic E-state index is 13.4. The highest BCUT2D eigenvalue weighted by molar-refractivity contribution is 5.36. The first kappa shape index (κ1) is 16.0. The lowest BCUT2D eigenvalue weighted by Gasteiger charge is -2.21. The molecule has 0 spiro atoms. The third-order valence-electron chi connectivity index (χ3n) is 3.16.